The Balaban J connectivity index is 2.68. The molecule has 1 fully saturated rings. The molecule has 5 nitrogen and oxygen atoms in total. The molecule has 0 aliphatic carbocycles. The van der Waals surface area contributed by atoms with Crippen molar-refractivity contribution in [3.05, 3.63) is 0 Å². The molecule has 92 valence electrons. The van der Waals surface area contributed by atoms with Crippen LogP contribution in [0.5, 0.6) is 0 Å². The lowest BCUT2D eigenvalue weighted by Crippen LogP contribution is -2.43. The predicted octanol–water partition coefficient (Wildman–Crippen LogP) is 1.53. The van der Waals surface area contributed by atoms with E-state index in [2.05, 4.69) is 9.89 Å². The van der Waals surface area contributed by atoms with Crippen molar-refractivity contribution < 1.29 is 14.3 Å². The van der Waals surface area contributed by atoms with Gasteiger partial charge in [-0.1, -0.05) is 13.8 Å². The summed E-state index contributed by atoms with van der Waals surface area (Å²) in [6.45, 7) is 9.13. The Labute approximate surface area is 96.4 Å². The quantitative estimate of drug-likeness (QED) is 0.531. The van der Waals surface area contributed by atoms with E-state index in [0.29, 0.717) is 19.8 Å². The van der Waals surface area contributed by atoms with E-state index in [1.165, 1.54) is 0 Å². The van der Waals surface area contributed by atoms with Crippen molar-refractivity contribution in [1.29, 1.82) is 0 Å². The van der Waals surface area contributed by atoms with Crippen molar-refractivity contribution in [3.63, 3.8) is 0 Å². The average molecular weight is 228 g/mol. The van der Waals surface area contributed by atoms with Gasteiger partial charge in [0.2, 0.25) is 0 Å². The van der Waals surface area contributed by atoms with Gasteiger partial charge in [-0.3, -0.25) is 0 Å². The number of nitrogens with zero attached hydrogens (tertiary/aromatic N) is 2. The summed E-state index contributed by atoms with van der Waals surface area (Å²) in [6.07, 6.45) is -0.502. The summed E-state index contributed by atoms with van der Waals surface area (Å²) < 4.78 is 10.1. The molecule has 1 aliphatic rings. The van der Waals surface area contributed by atoms with Gasteiger partial charge >= 0.3 is 6.09 Å². The minimum atomic E-state index is -0.502. The van der Waals surface area contributed by atoms with Crippen LogP contribution >= 0.6 is 0 Å². The van der Waals surface area contributed by atoms with Gasteiger partial charge in [0.15, 0.2) is 0 Å². The van der Waals surface area contributed by atoms with Crippen LogP contribution in [0.4, 0.5) is 4.79 Å². The van der Waals surface area contributed by atoms with Crippen molar-refractivity contribution in [2.45, 2.75) is 20.8 Å². The smallest absolute Gasteiger partial charge is 0.435 e. The minimum absolute atomic E-state index is 0.211. The molecule has 0 unspecified atom stereocenters. The molecule has 1 rings (SSSR count). The van der Waals surface area contributed by atoms with Crippen molar-refractivity contribution in [2.75, 3.05) is 32.9 Å². The normalized spacial score (nSPS) is 17.8. The highest BCUT2D eigenvalue weighted by Gasteiger charge is 2.19. The summed E-state index contributed by atoms with van der Waals surface area (Å²) >= 11 is 0. The molecule has 0 spiro atoms. The number of aliphatic imine (C=N–C) groups is 1. The van der Waals surface area contributed by atoms with Crippen LogP contribution in [0.3, 0.4) is 0 Å². The standard InChI is InChI=1S/C11H20N2O3/c1-4-16-11(14)12-10(9(2)3)13-5-7-15-8-6-13/h9H,4-8H2,1-3H3/b12-10-. The molecule has 1 aliphatic heterocycles. The fourth-order valence-electron chi connectivity index (χ4n) is 1.61. The number of carbonyl (C=O) groups is 1. The summed E-state index contributed by atoms with van der Waals surface area (Å²) in [5, 5.41) is 0. The highest BCUT2D eigenvalue weighted by atomic mass is 16.5. The van der Waals surface area contributed by atoms with E-state index in [4.69, 9.17) is 9.47 Å². The van der Waals surface area contributed by atoms with Crippen LogP contribution in [0.1, 0.15) is 20.8 Å². The maximum absolute atomic E-state index is 11.3. The van der Waals surface area contributed by atoms with Crippen LogP contribution in [0.15, 0.2) is 4.99 Å². The summed E-state index contributed by atoms with van der Waals surface area (Å²) in [7, 11) is 0. The second-order valence-corrected chi connectivity index (χ2v) is 3.92. The van der Waals surface area contributed by atoms with Crippen LogP contribution in [0, 0.1) is 5.92 Å². The molecule has 0 aromatic rings. The average Bonchev–Trinajstić information content (AvgIpc) is 2.27. The number of hydrogen-bond donors (Lipinski definition) is 0. The van der Waals surface area contributed by atoms with Gasteiger partial charge < -0.3 is 14.4 Å². The van der Waals surface area contributed by atoms with Crippen molar-refractivity contribution >= 4 is 11.9 Å². The molecule has 0 saturated carbocycles. The third kappa shape index (κ3) is 3.81. The van der Waals surface area contributed by atoms with Gasteiger partial charge in [0.1, 0.15) is 5.84 Å². The number of amides is 1. The highest BCUT2D eigenvalue weighted by Crippen LogP contribution is 2.07. The van der Waals surface area contributed by atoms with E-state index in [1.54, 1.807) is 6.92 Å². The highest BCUT2D eigenvalue weighted by molar-refractivity contribution is 5.93. The first-order valence-electron chi connectivity index (χ1n) is 5.73. The molecule has 16 heavy (non-hydrogen) atoms. The van der Waals surface area contributed by atoms with E-state index >= 15 is 0 Å². The Morgan fingerprint density at radius 1 is 1.44 bits per heavy atom. The van der Waals surface area contributed by atoms with Gasteiger partial charge in [-0.2, -0.15) is 4.99 Å². The largest absolute Gasteiger partial charge is 0.448 e. The Kier molecular flexibility index (Phi) is 5.25. The minimum Gasteiger partial charge on any atom is -0.448 e. The van der Waals surface area contributed by atoms with Crippen LogP contribution in [0.25, 0.3) is 0 Å². The maximum atomic E-state index is 11.3. The lowest BCUT2D eigenvalue weighted by molar-refractivity contribution is 0.0660. The van der Waals surface area contributed by atoms with Gasteiger partial charge in [0.05, 0.1) is 19.8 Å². The number of carbonyl (C=O) groups excluding carboxylic acids is 1. The molecule has 1 saturated heterocycles. The molecule has 0 aromatic heterocycles. The van der Waals surface area contributed by atoms with E-state index < -0.39 is 6.09 Å². The second kappa shape index (κ2) is 6.48. The number of rotatable bonds is 2. The molecule has 5 heteroatoms. The molecule has 1 heterocycles. The Hall–Kier alpha value is -1.10. The Morgan fingerprint density at radius 3 is 2.56 bits per heavy atom. The zero-order valence-electron chi connectivity index (χ0n) is 10.2. The summed E-state index contributed by atoms with van der Waals surface area (Å²) in [5.41, 5.74) is 0. The fraction of sp³-hybridized carbons (Fsp3) is 0.818. The van der Waals surface area contributed by atoms with Crippen molar-refractivity contribution in [3.8, 4) is 0 Å². The van der Waals surface area contributed by atoms with Crippen LogP contribution in [-0.4, -0.2) is 49.7 Å². The van der Waals surface area contributed by atoms with Gasteiger partial charge in [0.25, 0.3) is 0 Å². The molecular weight excluding hydrogens is 208 g/mol. The first kappa shape index (κ1) is 13.0. The molecule has 0 N–H and O–H groups in total. The zero-order chi connectivity index (χ0) is 12.0. The van der Waals surface area contributed by atoms with Crippen LogP contribution < -0.4 is 0 Å². The van der Waals surface area contributed by atoms with Gasteiger partial charge in [-0.25, -0.2) is 4.79 Å². The van der Waals surface area contributed by atoms with E-state index in [-0.39, 0.29) is 5.92 Å². The van der Waals surface area contributed by atoms with Crippen molar-refractivity contribution in [1.82, 2.24) is 4.90 Å². The zero-order valence-corrected chi connectivity index (χ0v) is 10.2. The lowest BCUT2D eigenvalue weighted by atomic mass is 10.1. The molecule has 0 atom stereocenters. The maximum Gasteiger partial charge on any atom is 0.435 e. The first-order chi connectivity index (χ1) is 7.65. The molecule has 0 radical (unpaired) electrons. The number of ether oxygens (including phenoxy) is 2. The van der Waals surface area contributed by atoms with E-state index in [1.807, 2.05) is 13.8 Å². The number of amidine groups is 1. The summed E-state index contributed by atoms with van der Waals surface area (Å²) in [6, 6.07) is 0. The topological polar surface area (TPSA) is 51.1 Å². The summed E-state index contributed by atoms with van der Waals surface area (Å²) in [5.74, 6) is 1.00. The Bertz CT molecular complexity index is 258. The number of hydrogen-bond acceptors (Lipinski definition) is 3. The van der Waals surface area contributed by atoms with Crippen molar-refractivity contribution in [2.24, 2.45) is 10.9 Å². The third-order valence-corrected chi connectivity index (χ3v) is 2.33. The summed E-state index contributed by atoms with van der Waals surface area (Å²) in [4.78, 5) is 17.4. The molecule has 0 aromatic carbocycles. The predicted molar refractivity (Wildman–Crippen MR) is 61.7 cm³/mol. The third-order valence-electron chi connectivity index (χ3n) is 2.33. The SMILES string of the molecule is CCOC(=O)/N=C(/C(C)C)N1CCOCC1. The molecule has 1 amide bonds. The van der Waals surface area contributed by atoms with E-state index in [9.17, 15) is 4.79 Å². The molecule has 0 bridgehead atoms. The van der Waals surface area contributed by atoms with Crippen LogP contribution in [0.2, 0.25) is 0 Å². The van der Waals surface area contributed by atoms with Gasteiger partial charge in [0, 0.05) is 19.0 Å². The lowest BCUT2D eigenvalue weighted by Gasteiger charge is -2.31. The monoisotopic (exact) mass is 228 g/mol. The second-order valence-electron chi connectivity index (χ2n) is 3.92. The first-order valence-corrected chi connectivity index (χ1v) is 5.73. The van der Waals surface area contributed by atoms with Gasteiger partial charge in [-0.05, 0) is 6.92 Å². The number of morpholine rings is 1. The van der Waals surface area contributed by atoms with Gasteiger partial charge in [-0.15, -0.1) is 0 Å². The Morgan fingerprint density at radius 2 is 2.06 bits per heavy atom. The fourth-order valence-corrected chi connectivity index (χ4v) is 1.61. The van der Waals surface area contributed by atoms with E-state index in [0.717, 1.165) is 18.9 Å². The van der Waals surface area contributed by atoms with Crippen LogP contribution in [-0.2, 0) is 9.47 Å². The molecular formula is C11H20N2O3.